The summed E-state index contributed by atoms with van der Waals surface area (Å²) in [6.07, 6.45) is 0.738. The number of ether oxygens (including phenoxy) is 1. The van der Waals surface area contributed by atoms with Gasteiger partial charge in [0.15, 0.2) is 0 Å². The number of carbonyl (C=O) groups excluding carboxylic acids is 1. The quantitative estimate of drug-likeness (QED) is 0.249. The molecule has 1 aliphatic heterocycles. The number of benzene rings is 5. The summed E-state index contributed by atoms with van der Waals surface area (Å²) in [6, 6.07) is 40.5. The van der Waals surface area contributed by atoms with Gasteiger partial charge in [-0.15, -0.1) is 0 Å². The second-order valence-electron chi connectivity index (χ2n) is 9.26. The highest BCUT2D eigenvalue weighted by Crippen LogP contribution is 2.37. The number of hydrogen-bond acceptors (Lipinski definition) is 2. The summed E-state index contributed by atoms with van der Waals surface area (Å²) in [5.41, 5.74) is 9.86. The van der Waals surface area contributed by atoms with Crippen LogP contribution >= 0.6 is 0 Å². The fraction of sp³-hybridized carbons (Fsp3) is 0.0606. The van der Waals surface area contributed by atoms with E-state index in [-0.39, 0.29) is 5.97 Å². The van der Waals surface area contributed by atoms with Crippen molar-refractivity contribution < 1.29 is 9.53 Å². The fourth-order valence-electron chi connectivity index (χ4n) is 5.38. The molecule has 1 aromatic heterocycles. The topological polar surface area (TPSA) is 31.2 Å². The maximum Gasteiger partial charge on any atom is 0.338 e. The first-order valence-electron chi connectivity index (χ1n) is 12.3. The molecule has 0 radical (unpaired) electrons. The summed E-state index contributed by atoms with van der Waals surface area (Å²) >= 11 is 0. The Balaban J connectivity index is 1.50. The lowest BCUT2D eigenvalue weighted by Crippen LogP contribution is -2.17. The number of esters is 1. The van der Waals surface area contributed by atoms with Crippen LogP contribution in [0.1, 0.15) is 15.9 Å². The van der Waals surface area contributed by atoms with Crippen molar-refractivity contribution in [2.75, 3.05) is 6.61 Å². The minimum atomic E-state index is -0.231. The standard InChI is InChI=1S/C33H23NO2/c35-33-28-14-13-27(19-26(28)17-18-36-33)34-31-15-11-24(22-7-3-1-4-8-22)20-29(31)30-21-25(12-16-32(30)34)23-9-5-2-6-10-23/h1-16,19-21H,17-18H2. The van der Waals surface area contributed by atoms with Gasteiger partial charge in [-0.25, -0.2) is 4.79 Å². The summed E-state index contributed by atoms with van der Waals surface area (Å²) in [4.78, 5) is 12.2. The third kappa shape index (κ3) is 3.32. The zero-order chi connectivity index (χ0) is 24.1. The lowest BCUT2D eigenvalue weighted by Gasteiger charge is -2.17. The number of carbonyl (C=O) groups is 1. The predicted octanol–water partition coefficient (Wildman–Crippen LogP) is 7.83. The molecule has 0 N–H and O–H groups in total. The van der Waals surface area contributed by atoms with Crippen LogP contribution in [0.4, 0.5) is 0 Å². The van der Waals surface area contributed by atoms with Crippen molar-refractivity contribution in [3.63, 3.8) is 0 Å². The Labute approximate surface area is 209 Å². The highest BCUT2D eigenvalue weighted by atomic mass is 16.5. The van der Waals surface area contributed by atoms with E-state index in [2.05, 4.69) is 95.6 Å². The van der Waals surface area contributed by atoms with Crippen molar-refractivity contribution >= 4 is 27.8 Å². The maximum atomic E-state index is 12.2. The molecule has 0 atom stereocenters. The molecule has 172 valence electrons. The van der Waals surface area contributed by atoms with Crippen molar-refractivity contribution in [1.29, 1.82) is 0 Å². The first-order chi connectivity index (χ1) is 17.8. The van der Waals surface area contributed by atoms with Gasteiger partial charge in [0.1, 0.15) is 0 Å². The van der Waals surface area contributed by atoms with Crippen molar-refractivity contribution in [1.82, 2.24) is 4.57 Å². The van der Waals surface area contributed by atoms with Gasteiger partial charge >= 0.3 is 5.97 Å². The van der Waals surface area contributed by atoms with Gasteiger partial charge in [-0.05, 0) is 70.3 Å². The summed E-state index contributed by atoms with van der Waals surface area (Å²) < 4.78 is 7.55. The first-order valence-corrected chi connectivity index (χ1v) is 12.3. The predicted molar refractivity (Wildman–Crippen MR) is 146 cm³/mol. The van der Waals surface area contributed by atoms with Crippen LogP contribution in [0, 0.1) is 0 Å². The molecule has 0 spiro atoms. The van der Waals surface area contributed by atoms with E-state index in [0.717, 1.165) is 28.7 Å². The lowest BCUT2D eigenvalue weighted by molar-refractivity contribution is 0.0480. The molecule has 0 fully saturated rings. The van der Waals surface area contributed by atoms with E-state index in [1.54, 1.807) is 0 Å². The molecular formula is C33H23NO2. The molecule has 0 bridgehead atoms. The van der Waals surface area contributed by atoms with E-state index in [1.807, 2.05) is 24.3 Å². The zero-order valence-corrected chi connectivity index (χ0v) is 19.6. The van der Waals surface area contributed by atoms with E-state index in [9.17, 15) is 4.79 Å². The SMILES string of the molecule is O=C1OCCc2cc(-n3c4ccc(-c5ccccc5)cc4c4cc(-c5ccccc5)ccc43)ccc21. The molecule has 6 aromatic rings. The van der Waals surface area contributed by atoms with Crippen LogP contribution in [0.5, 0.6) is 0 Å². The minimum absolute atomic E-state index is 0.231. The lowest BCUT2D eigenvalue weighted by atomic mass is 10.0. The molecule has 0 amide bonds. The largest absolute Gasteiger partial charge is 0.462 e. The normalized spacial score (nSPS) is 13.1. The Morgan fingerprint density at radius 2 is 1.17 bits per heavy atom. The zero-order valence-electron chi connectivity index (χ0n) is 19.6. The molecule has 7 rings (SSSR count). The van der Waals surface area contributed by atoms with Crippen molar-refractivity contribution in [2.24, 2.45) is 0 Å². The molecule has 1 aliphatic rings. The number of hydrogen-bond donors (Lipinski definition) is 0. The van der Waals surface area contributed by atoms with Crippen molar-refractivity contribution in [2.45, 2.75) is 6.42 Å². The Morgan fingerprint density at radius 1 is 0.583 bits per heavy atom. The summed E-state index contributed by atoms with van der Waals surface area (Å²) in [5, 5.41) is 2.42. The molecule has 5 aromatic carbocycles. The fourth-order valence-corrected chi connectivity index (χ4v) is 5.38. The summed E-state index contributed by atoms with van der Waals surface area (Å²) in [6.45, 7) is 0.434. The minimum Gasteiger partial charge on any atom is -0.462 e. The number of cyclic esters (lactones) is 1. The molecule has 0 aliphatic carbocycles. The van der Waals surface area contributed by atoms with Gasteiger partial charge in [-0.1, -0.05) is 72.8 Å². The highest BCUT2D eigenvalue weighted by Gasteiger charge is 2.20. The molecular weight excluding hydrogens is 442 g/mol. The van der Waals surface area contributed by atoms with Crippen LogP contribution in [-0.4, -0.2) is 17.1 Å². The van der Waals surface area contributed by atoms with Gasteiger partial charge in [0, 0.05) is 22.9 Å². The number of nitrogens with zero attached hydrogens (tertiary/aromatic N) is 1. The van der Waals surface area contributed by atoms with Gasteiger partial charge in [0.25, 0.3) is 0 Å². The summed E-state index contributed by atoms with van der Waals surface area (Å²) in [7, 11) is 0. The van der Waals surface area contributed by atoms with Gasteiger partial charge in [0.2, 0.25) is 0 Å². The Kier molecular flexibility index (Phi) is 4.74. The first kappa shape index (κ1) is 20.7. The van der Waals surface area contributed by atoms with Gasteiger partial charge < -0.3 is 9.30 Å². The molecule has 0 unspecified atom stereocenters. The maximum absolute atomic E-state index is 12.2. The van der Waals surface area contributed by atoms with Crippen LogP contribution in [0.2, 0.25) is 0 Å². The second kappa shape index (κ2) is 8.24. The number of fused-ring (bicyclic) bond motifs is 4. The molecule has 0 saturated heterocycles. The Bertz CT molecular complexity index is 1670. The van der Waals surface area contributed by atoms with Gasteiger partial charge in [-0.3, -0.25) is 0 Å². The second-order valence-corrected chi connectivity index (χ2v) is 9.26. The molecule has 3 heteroatoms. The van der Waals surface area contributed by atoms with E-state index >= 15 is 0 Å². The molecule has 36 heavy (non-hydrogen) atoms. The van der Waals surface area contributed by atoms with Gasteiger partial charge in [-0.2, -0.15) is 0 Å². The van der Waals surface area contributed by atoms with E-state index in [1.165, 1.54) is 33.0 Å². The van der Waals surface area contributed by atoms with E-state index in [0.29, 0.717) is 12.2 Å². The monoisotopic (exact) mass is 465 g/mol. The number of aromatic nitrogens is 1. The smallest absolute Gasteiger partial charge is 0.338 e. The number of rotatable bonds is 3. The van der Waals surface area contributed by atoms with E-state index in [4.69, 9.17) is 4.74 Å². The van der Waals surface area contributed by atoms with Crippen LogP contribution in [0.3, 0.4) is 0 Å². The van der Waals surface area contributed by atoms with Crippen LogP contribution in [-0.2, 0) is 11.2 Å². The highest BCUT2D eigenvalue weighted by molar-refractivity contribution is 6.11. The molecule has 0 saturated carbocycles. The molecule has 3 nitrogen and oxygen atoms in total. The average Bonchev–Trinajstić information content (AvgIpc) is 3.27. The third-order valence-electron chi connectivity index (χ3n) is 7.15. The van der Waals surface area contributed by atoms with Crippen LogP contribution < -0.4 is 0 Å². The van der Waals surface area contributed by atoms with Gasteiger partial charge in [0.05, 0.1) is 23.2 Å². The van der Waals surface area contributed by atoms with Crippen LogP contribution in [0.15, 0.2) is 115 Å². The van der Waals surface area contributed by atoms with Crippen LogP contribution in [0.25, 0.3) is 49.7 Å². The summed E-state index contributed by atoms with van der Waals surface area (Å²) in [5.74, 6) is -0.231. The molecule has 2 heterocycles. The Morgan fingerprint density at radius 3 is 1.75 bits per heavy atom. The average molecular weight is 466 g/mol. The Hall–Kier alpha value is -4.63. The van der Waals surface area contributed by atoms with Crippen molar-refractivity contribution in [3.05, 3.63) is 126 Å². The third-order valence-corrected chi connectivity index (χ3v) is 7.15. The van der Waals surface area contributed by atoms with E-state index < -0.39 is 0 Å². The van der Waals surface area contributed by atoms with Crippen molar-refractivity contribution in [3.8, 4) is 27.9 Å².